The van der Waals surface area contributed by atoms with Crippen molar-refractivity contribution in [1.82, 2.24) is 0 Å². The lowest BCUT2D eigenvalue weighted by Crippen LogP contribution is -2.09. The molecule has 40 heavy (non-hydrogen) atoms. The van der Waals surface area contributed by atoms with Crippen molar-refractivity contribution in [3.05, 3.63) is 114 Å². The summed E-state index contributed by atoms with van der Waals surface area (Å²) in [6.07, 6.45) is 3.13. The number of hydrogen-bond acceptors (Lipinski definition) is 7. The minimum atomic E-state index is -0.561. The maximum Gasteiger partial charge on any atom is 0.348 e. The van der Waals surface area contributed by atoms with E-state index in [1.54, 1.807) is 73.8 Å². The lowest BCUT2D eigenvalue weighted by molar-refractivity contribution is 0.0736. The molecule has 0 amide bonds. The molecular weight excluding hydrogens is 508 g/mol. The summed E-state index contributed by atoms with van der Waals surface area (Å²) >= 11 is 0. The molecule has 200 valence electrons. The van der Waals surface area contributed by atoms with Gasteiger partial charge in [-0.25, -0.2) is 4.79 Å². The summed E-state index contributed by atoms with van der Waals surface area (Å²) in [6, 6.07) is 26.6. The van der Waals surface area contributed by atoms with E-state index in [2.05, 4.69) is 0 Å². The highest BCUT2D eigenvalue weighted by Gasteiger charge is 2.24. The van der Waals surface area contributed by atoms with Crippen molar-refractivity contribution in [3.8, 4) is 34.3 Å². The summed E-state index contributed by atoms with van der Waals surface area (Å²) in [6.45, 7) is 0. The molecule has 0 spiro atoms. The average molecular weight is 535 g/mol. The van der Waals surface area contributed by atoms with Gasteiger partial charge in [-0.05, 0) is 60.2 Å². The molecule has 4 aromatic carbocycles. The number of carbonyl (C=O) groups excluding carboxylic acids is 2. The zero-order valence-corrected chi connectivity index (χ0v) is 22.2. The van der Waals surface area contributed by atoms with Gasteiger partial charge in [0.25, 0.3) is 0 Å². The zero-order valence-electron chi connectivity index (χ0n) is 22.2. The molecule has 5 aromatic rings. The van der Waals surface area contributed by atoms with E-state index in [1.807, 2.05) is 30.3 Å². The second kappa shape index (κ2) is 11.6. The van der Waals surface area contributed by atoms with Gasteiger partial charge in [-0.2, -0.15) is 0 Å². The van der Waals surface area contributed by atoms with Crippen LogP contribution in [0, 0.1) is 0 Å². The number of rotatable bonds is 9. The van der Waals surface area contributed by atoms with Crippen LogP contribution in [-0.2, 0) is 0 Å². The Balaban J connectivity index is 1.38. The Morgan fingerprint density at radius 2 is 1.40 bits per heavy atom. The number of allylic oxidation sites excluding steroid dienone is 1. The highest BCUT2D eigenvalue weighted by atomic mass is 16.5. The zero-order chi connectivity index (χ0) is 28.1. The Labute approximate surface area is 231 Å². The first-order valence-corrected chi connectivity index (χ1v) is 12.4. The van der Waals surface area contributed by atoms with Gasteiger partial charge in [-0.15, -0.1) is 0 Å². The van der Waals surface area contributed by atoms with Gasteiger partial charge in [-0.1, -0.05) is 48.5 Å². The van der Waals surface area contributed by atoms with E-state index >= 15 is 0 Å². The quantitative estimate of drug-likeness (QED) is 0.0853. The van der Waals surface area contributed by atoms with Crippen molar-refractivity contribution in [2.45, 2.75) is 0 Å². The van der Waals surface area contributed by atoms with E-state index in [4.69, 9.17) is 23.4 Å². The van der Waals surface area contributed by atoms with E-state index < -0.39 is 5.97 Å². The van der Waals surface area contributed by atoms with E-state index in [0.29, 0.717) is 50.9 Å². The van der Waals surface area contributed by atoms with E-state index in [9.17, 15) is 9.59 Å². The molecule has 0 aliphatic carbocycles. The molecule has 0 unspecified atom stereocenters. The van der Waals surface area contributed by atoms with Crippen LogP contribution in [0.2, 0.25) is 0 Å². The molecule has 0 aliphatic heterocycles. The van der Waals surface area contributed by atoms with Gasteiger partial charge in [0.05, 0.1) is 26.9 Å². The van der Waals surface area contributed by atoms with E-state index in [-0.39, 0.29) is 5.78 Å². The maximum absolute atomic E-state index is 13.4. The van der Waals surface area contributed by atoms with E-state index in [1.165, 1.54) is 20.3 Å². The molecule has 7 heteroatoms. The number of methoxy groups -OCH3 is 3. The van der Waals surface area contributed by atoms with Crippen LogP contribution < -0.4 is 18.9 Å². The Bertz CT molecular complexity index is 1700. The Hall–Kier alpha value is -5.30. The standard InChI is InChI=1S/C33H26O7/c1-36-24-14-17-29(38-3)26(19-24)28(34)16-11-21-9-12-23(13-10-21)39-33(35)31-27-20-25(37-2)15-18-30(27)40-32(31)22-7-5-4-6-8-22/h4-20H,1-3H3. The summed E-state index contributed by atoms with van der Waals surface area (Å²) in [7, 11) is 4.61. The molecule has 1 heterocycles. The molecule has 0 saturated heterocycles. The summed E-state index contributed by atoms with van der Waals surface area (Å²) in [5.41, 5.74) is 2.74. The first-order valence-electron chi connectivity index (χ1n) is 12.4. The van der Waals surface area contributed by atoms with Crippen LogP contribution in [0.5, 0.6) is 23.0 Å². The van der Waals surface area contributed by atoms with Crippen LogP contribution in [-0.4, -0.2) is 33.1 Å². The molecule has 0 N–H and O–H groups in total. The van der Waals surface area contributed by atoms with Crippen molar-refractivity contribution >= 4 is 28.8 Å². The van der Waals surface area contributed by atoms with Crippen LogP contribution in [0.4, 0.5) is 0 Å². The van der Waals surface area contributed by atoms with E-state index in [0.717, 1.165) is 11.1 Å². The third kappa shape index (κ3) is 5.44. The SMILES string of the molecule is COc1ccc(OC)c(C(=O)C=Cc2ccc(OC(=O)c3c(-c4ccccc4)oc4ccc(OC)cc34)cc2)c1. The fourth-order valence-corrected chi connectivity index (χ4v) is 4.27. The number of ketones is 1. The molecule has 1 aromatic heterocycles. The Morgan fingerprint density at radius 1 is 0.725 bits per heavy atom. The highest BCUT2D eigenvalue weighted by molar-refractivity contribution is 6.10. The van der Waals surface area contributed by atoms with Crippen molar-refractivity contribution in [2.75, 3.05) is 21.3 Å². The molecule has 0 fully saturated rings. The number of hydrogen-bond donors (Lipinski definition) is 0. The second-order valence-electron chi connectivity index (χ2n) is 8.76. The smallest absolute Gasteiger partial charge is 0.348 e. The van der Waals surface area contributed by atoms with Gasteiger partial charge in [0.2, 0.25) is 0 Å². The van der Waals surface area contributed by atoms with Crippen molar-refractivity contribution in [2.24, 2.45) is 0 Å². The summed E-state index contributed by atoms with van der Waals surface area (Å²) < 4.78 is 27.7. The van der Waals surface area contributed by atoms with Gasteiger partial charge in [0.1, 0.15) is 39.9 Å². The summed E-state index contributed by atoms with van der Waals surface area (Å²) in [5.74, 6) is 1.58. The molecule has 0 saturated carbocycles. The number of benzene rings is 4. The first kappa shape index (κ1) is 26.3. The third-order valence-electron chi connectivity index (χ3n) is 6.33. The molecule has 0 bridgehead atoms. The first-order chi connectivity index (χ1) is 19.5. The monoisotopic (exact) mass is 534 g/mol. The van der Waals surface area contributed by atoms with Gasteiger partial charge in [0.15, 0.2) is 5.78 Å². The summed E-state index contributed by atoms with van der Waals surface area (Å²) in [4.78, 5) is 26.3. The number of esters is 1. The van der Waals surface area contributed by atoms with Crippen LogP contribution in [0.15, 0.2) is 101 Å². The highest BCUT2D eigenvalue weighted by Crippen LogP contribution is 2.36. The normalized spacial score (nSPS) is 11.0. The van der Waals surface area contributed by atoms with Crippen LogP contribution in [0.1, 0.15) is 26.3 Å². The Morgan fingerprint density at radius 3 is 2.10 bits per heavy atom. The van der Waals surface area contributed by atoms with Gasteiger partial charge in [0, 0.05) is 10.9 Å². The summed E-state index contributed by atoms with van der Waals surface area (Å²) in [5, 5.41) is 0.592. The second-order valence-corrected chi connectivity index (χ2v) is 8.76. The van der Waals surface area contributed by atoms with Crippen LogP contribution in [0.25, 0.3) is 28.4 Å². The lowest BCUT2D eigenvalue weighted by Gasteiger charge is -2.08. The van der Waals surface area contributed by atoms with Crippen molar-refractivity contribution in [1.29, 1.82) is 0 Å². The third-order valence-corrected chi connectivity index (χ3v) is 6.33. The van der Waals surface area contributed by atoms with Gasteiger partial charge >= 0.3 is 5.97 Å². The average Bonchev–Trinajstić information content (AvgIpc) is 3.39. The largest absolute Gasteiger partial charge is 0.497 e. The predicted molar refractivity (Wildman–Crippen MR) is 153 cm³/mol. The van der Waals surface area contributed by atoms with Gasteiger partial charge in [-0.3, -0.25) is 4.79 Å². The fourth-order valence-electron chi connectivity index (χ4n) is 4.27. The lowest BCUT2D eigenvalue weighted by atomic mass is 10.1. The molecule has 0 radical (unpaired) electrons. The minimum absolute atomic E-state index is 0.234. The molecule has 7 nitrogen and oxygen atoms in total. The topological polar surface area (TPSA) is 84.2 Å². The number of furan rings is 1. The van der Waals surface area contributed by atoms with Crippen LogP contribution >= 0.6 is 0 Å². The molecular formula is C33H26O7. The number of carbonyl (C=O) groups is 2. The fraction of sp³-hybridized carbons (Fsp3) is 0.0909. The number of ether oxygens (including phenoxy) is 4. The number of fused-ring (bicyclic) bond motifs is 1. The van der Waals surface area contributed by atoms with Crippen LogP contribution in [0.3, 0.4) is 0 Å². The molecule has 0 aliphatic rings. The van der Waals surface area contributed by atoms with Crippen molar-refractivity contribution in [3.63, 3.8) is 0 Å². The maximum atomic E-state index is 13.4. The Kier molecular flexibility index (Phi) is 7.64. The predicted octanol–water partition coefficient (Wildman–Crippen LogP) is 7.24. The molecule has 0 atom stereocenters. The molecule has 5 rings (SSSR count). The van der Waals surface area contributed by atoms with Crippen molar-refractivity contribution < 1.29 is 33.0 Å². The van der Waals surface area contributed by atoms with Gasteiger partial charge < -0.3 is 23.4 Å². The minimum Gasteiger partial charge on any atom is -0.497 e.